The van der Waals surface area contributed by atoms with Crippen molar-refractivity contribution < 1.29 is 4.79 Å². The number of aromatic nitrogens is 2. The maximum Gasteiger partial charge on any atom is 0.269 e. The van der Waals surface area contributed by atoms with Crippen molar-refractivity contribution in [1.29, 1.82) is 0 Å². The molecule has 0 saturated heterocycles. The lowest BCUT2D eigenvalue weighted by Crippen LogP contribution is -2.12. The summed E-state index contributed by atoms with van der Waals surface area (Å²) in [6.07, 6.45) is 1.59. The van der Waals surface area contributed by atoms with Crippen molar-refractivity contribution in [3.63, 3.8) is 0 Å². The topological polar surface area (TPSA) is 60.9 Å². The van der Waals surface area contributed by atoms with Crippen molar-refractivity contribution in [2.24, 2.45) is 5.73 Å². The molecule has 0 bridgehead atoms. The zero-order valence-corrected chi connectivity index (χ0v) is 9.11. The number of nitrogens with zero attached hydrogens (tertiary/aromatic N) is 2. The van der Waals surface area contributed by atoms with E-state index in [-0.39, 0.29) is 5.69 Å². The Morgan fingerprint density at radius 1 is 1.44 bits per heavy atom. The molecule has 0 unspecified atom stereocenters. The van der Waals surface area contributed by atoms with Crippen molar-refractivity contribution in [1.82, 2.24) is 9.78 Å². The van der Waals surface area contributed by atoms with E-state index in [0.717, 1.165) is 5.56 Å². The third kappa shape index (κ3) is 2.41. The summed E-state index contributed by atoms with van der Waals surface area (Å²) in [4.78, 5) is 10.8. The lowest BCUT2D eigenvalue weighted by Gasteiger charge is -2.01. The van der Waals surface area contributed by atoms with E-state index in [9.17, 15) is 4.79 Å². The number of nitrogens with two attached hydrogens (primary N) is 1. The quantitative estimate of drug-likeness (QED) is 0.875. The second-order valence-corrected chi connectivity index (χ2v) is 3.75. The molecule has 1 aromatic heterocycles. The first-order valence-electron chi connectivity index (χ1n) is 4.64. The molecule has 2 N–H and O–H groups in total. The van der Waals surface area contributed by atoms with Crippen LogP contribution in [0.2, 0.25) is 5.02 Å². The van der Waals surface area contributed by atoms with E-state index in [2.05, 4.69) is 11.2 Å². The first-order chi connectivity index (χ1) is 7.65. The predicted octanol–water partition coefficient (Wildman–Crippen LogP) is 1.48. The molecule has 1 aromatic carbocycles. The number of carbonyl (C=O) groups is 1. The average Bonchev–Trinajstić information content (AvgIpc) is 2.70. The van der Waals surface area contributed by atoms with Gasteiger partial charge in [-0.3, -0.25) is 9.48 Å². The van der Waals surface area contributed by atoms with Crippen LogP contribution in [-0.2, 0) is 6.54 Å². The number of primary amides is 1. The third-order valence-corrected chi connectivity index (χ3v) is 2.32. The van der Waals surface area contributed by atoms with E-state index in [1.165, 1.54) is 0 Å². The van der Waals surface area contributed by atoms with Crippen LogP contribution in [0.15, 0.2) is 30.5 Å². The molecular formula is C11H9ClN3O. The van der Waals surface area contributed by atoms with Crippen LogP contribution in [0.1, 0.15) is 16.1 Å². The first kappa shape index (κ1) is 10.7. The number of rotatable bonds is 3. The van der Waals surface area contributed by atoms with Crippen LogP contribution in [0, 0.1) is 6.07 Å². The molecule has 2 aromatic rings. The predicted molar refractivity (Wildman–Crippen MR) is 60.1 cm³/mol. The van der Waals surface area contributed by atoms with Crippen LogP contribution in [0.3, 0.4) is 0 Å². The fraction of sp³-hybridized carbons (Fsp3) is 0.0909. The largest absolute Gasteiger partial charge is 0.364 e. The molecule has 0 aliphatic heterocycles. The summed E-state index contributed by atoms with van der Waals surface area (Å²) in [5.41, 5.74) is 6.26. The zero-order chi connectivity index (χ0) is 11.5. The zero-order valence-electron chi connectivity index (χ0n) is 8.35. The highest BCUT2D eigenvalue weighted by molar-refractivity contribution is 6.30. The van der Waals surface area contributed by atoms with Crippen LogP contribution in [0.25, 0.3) is 0 Å². The monoisotopic (exact) mass is 234 g/mol. The second-order valence-electron chi connectivity index (χ2n) is 3.31. The summed E-state index contributed by atoms with van der Waals surface area (Å²) >= 11 is 5.77. The minimum atomic E-state index is -0.574. The van der Waals surface area contributed by atoms with E-state index in [1.807, 2.05) is 12.1 Å². The smallest absolute Gasteiger partial charge is 0.269 e. The van der Waals surface area contributed by atoms with Gasteiger partial charge < -0.3 is 5.73 Å². The number of halogens is 1. The van der Waals surface area contributed by atoms with Gasteiger partial charge in [0.15, 0.2) is 5.69 Å². The first-order valence-corrected chi connectivity index (χ1v) is 5.02. The molecule has 81 valence electrons. The van der Waals surface area contributed by atoms with Gasteiger partial charge in [-0.25, -0.2) is 0 Å². The Labute approximate surface area is 97.6 Å². The molecule has 0 saturated carbocycles. The Morgan fingerprint density at radius 3 is 2.69 bits per heavy atom. The molecule has 0 atom stereocenters. The van der Waals surface area contributed by atoms with Gasteiger partial charge in [0.2, 0.25) is 0 Å². The Hall–Kier alpha value is -1.81. The lowest BCUT2D eigenvalue weighted by molar-refractivity contribution is 0.0994. The highest BCUT2D eigenvalue weighted by Crippen LogP contribution is 2.10. The summed E-state index contributed by atoms with van der Waals surface area (Å²) in [7, 11) is 0. The highest BCUT2D eigenvalue weighted by atomic mass is 35.5. The van der Waals surface area contributed by atoms with E-state index in [4.69, 9.17) is 17.3 Å². The molecule has 0 spiro atoms. The molecule has 1 amide bonds. The van der Waals surface area contributed by atoms with E-state index < -0.39 is 5.91 Å². The van der Waals surface area contributed by atoms with E-state index in [1.54, 1.807) is 23.0 Å². The van der Waals surface area contributed by atoms with Crippen LogP contribution in [0.4, 0.5) is 0 Å². The molecule has 0 aliphatic rings. The van der Waals surface area contributed by atoms with Crippen LogP contribution >= 0.6 is 11.6 Å². The fourth-order valence-corrected chi connectivity index (χ4v) is 1.43. The summed E-state index contributed by atoms with van der Waals surface area (Å²) in [5, 5.41) is 4.67. The molecule has 0 fully saturated rings. The number of hydrogen-bond acceptors (Lipinski definition) is 2. The minimum absolute atomic E-state index is 0.147. The number of amides is 1. The molecule has 1 heterocycles. The lowest BCUT2D eigenvalue weighted by atomic mass is 10.2. The summed E-state index contributed by atoms with van der Waals surface area (Å²) in [6.45, 7) is 0.556. The third-order valence-electron chi connectivity index (χ3n) is 2.07. The Kier molecular flexibility index (Phi) is 2.92. The van der Waals surface area contributed by atoms with Gasteiger partial charge in [-0.1, -0.05) is 23.7 Å². The summed E-state index contributed by atoms with van der Waals surface area (Å²) in [6, 6.07) is 10.1. The van der Waals surface area contributed by atoms with Crippen molar-refractivity contribution in [3.05, 3.63) is 52.8 Å². The van der Waals surface area contributed by atoms with E-state index in [0.29, 0.717) is 11.6 Å². The van der Waals surface area contributed by atoms with Crippen LogP contribution in [-0.4, -0.2) is 15.7 Å². The van der Waals surface area contributed by atoms with Gasteiger partial charge in [-0.15, -0.1) is 0 Å². The Morgan fingerprint density at radius 2 is 2.12 bits per heavy atom. The molecule has 0 aliphatic carbocycles. The normalized spacial score (nSPS) is 10.3. The van der Waals surface area contributed by atoms with Gasteiger partial charge in [0, 0.05) is 17.3 Å². The van der Waals surface area contributed by atoms with E-state index >= 15 is 0 Å². The molecule has 16 heavy (non-hydrogen) atoms. The standard InChI is InChI=1S/C11H9ClN3O/c12-9-3-1-8(2-4-9)7-15-6-5-10(14-15)11(13)16/h1-4,6H,7H2,(H2,13,16). The van der Waals surface area contributed by atoms with Gasteiger partial charge in [0.25, 0.3) is 5.91 Å². The van der Waals surface area contributed by atoms with Gasteiger partial charge in [0.1, 0.15) is 0 Å². The fourth-order valence-electron chi connectivity index (χ4n) is 1.30. The van der Waals surface area contributed by atoms with Crippen molar-refractivity contribution >= 4 is 17.5 Å². The van der Waals surface area contributed by atoms with Gasteiger partial charge in [-0.2, -0.15) is 5.10 Å². The maximum absolute atomic E-state index is 10.8. The SMILES string of the molecule is NC(=O)c1[c]cn(Cc2ccc(Cl)cc2)n1. The second kappa shape index (κ2) is 4.37. The number of carbonyl (C=O) groups excluding carboxylic acids is 1. The highest BCUT2D eigenvalue weighted by Gasteiger charge is 2.05. The molecule has 4 nitrogen and oxygen atoms in total. The average molecular weight is 235 g/mol. The number of benzene rings is 1. The summed E-state index contributed by atoms with van der Waals surface area (Å²) in [5.74, 6) is -0.574. The van der Waals surface area contributed by atoms with Crippen molar-refractivity contribution in [2.75, 3.05) is 0 Å². The van der Waals surface area contributed by atoms with Crippen molar-refractivity contribution in [2.45, 2.75) is 6.54 Å². The summed E-state index contributed by atoms with van der Waals surface area (Å²) < 4.78 is 1.60. The van der Waals surface area contributed by atoms with Gasteiger partial charge in [-0.05, 0) is 17.7 Å². The van der Waals surface area contributed by atoms with Gasteiger partial charge in [0.05, 0.1) is 6.54 Å². The molecule has 1 radical (unpaired) electrons. The minimum Gasteiger partial charge on any atom is -0.364 e. The van der Waals surface area contributed by atoms with Crippen LogP contribution < -0.4 is 5.73 Å². The molecular weight excluding hydrogens is 226 g/mol. The number of hydrogen-bond donors (Lipinski definition) is 1. The Balaban J connectivity index is 2.14. The molecule has 2 rings (SSSR count). The van der Waals surface area contributed by atoms with Crippen LogP contribution in [0.5, 0.6) is 0 Å². The van der Waals surface area contributed by atoms with Crippen molar-refractivity contribution in [3.8, 4) is 0 Å². The maximum atomic E-state index is 10.8. The molecule has 5 heteroatoms. The Bertz CT molecular complexity index is 504. The van der Waals surface area contributed by atoms with Gasteiger partial charge >= 0.3 is 0 Å².